The smallest absolute Gasteiger partial charge is 0.416 e. The molecule has 110 valence electrons. The van der Waals surface area contributed by atoms with E-state index in [0.717, 1.165) is 12.1 Å². The maximum absolute atomic E-state index is 12.9. The van der Waals surface area contributed by atoms with E-state index in [0.29, 0.717) is 5.56 Å². The van der Waals surface area contributed by atoms with Gasteiger partial charge in [-0.05, 0) is 36.8 Å². The van der Waals surface area contributed by atoms with E-state index in [1.165, 1.54) is 18.5 Å². The maximum atomic E-state index is 12.9. The second kappa shape index (κ2) is 5.95. The van der Waals surface area contributed by atoms with Gasteiger partial charge in [-0.1, -0.05) is 6.07 Å². The molecule has 1 aromatic carbocycles. The molecule has 3 nitrogen and oxygen atoms in total. The van der Waals surface area contributed by atoms with Crippen LogP contribution in [0.5, 0.6) is 0 Å². The van der Waals surface area contributed by atoms with Gasteiger partial charge in [-0.2, -0.15) is 13.2 Å². The van der Waals surface area contributed by atoms with Gasteiger partial charge < -0.3 is 4.74 Å². The molecule has 0 bridgehead atoms. The summed E-state index contributed by atoms with van der Waals surface area (Å²) in [6.07, 6.45) is -1.59. The summed E-state index contributed by atoms with van der Waals surface area (Å²) in [5, 5.41) is 0. The number of aromatic nitrogens is 1. The Bertz CT molecular complexity index is 639. The SMILES string of the molecule is CCOC(=O)c1cc(-c2cccnc2)cc(C(F)(F)F)c1. The van der Waals surface area contributed by atoms with Gasteiger partial charge in [-0.15, -0.1) is 0 Å². The van der Waals surface area contributed by atoms with E-state index in [-0.39, 0.29) is 17.7 Å². The Morgan fingerprint density at radius 2 is 2.00 bits per heavy atom. The Labute approximate surface area is 119 Å². The summed E-state index contributed by atoms with van der Waals surface area (Å²) >= 11 is 0. The lowest BCUT2D eigenvalue weighted by Gasteiger charge is -2.12. The van der Waals surface area contributed by atoms with E-state index in [2.05, 4.69) is 4.98 Å². The van der Waals surface area contributed by atoms with Crippen molar-refractivity contribution < 1.29 is 22.7 Å². The third-order valence-electron chi connectivity index (χ3n) is 2.77. The maximum Gasteiger partial charge on any atom is 0.416 e. The molecular weight excluding hydrogens is 283 g/mol. The van der Waals surface area contributed by atoms with Crippen LogP contribution in [0.15, 0.2) is 42.7 Å². The summed E-state index contributed by atoms with van der Waals surface area (Å²) in [4.78, 5) is 15.6. The van der Waals surface area contributed by atoms with Crippen LogP contribution < -0.4 is 0 Å². The molecule has 0 aliphatic carbocycles. The number of halogens is 3. The minimum Gasteiger partial charge on any atom is -0.462 e. The van der Waals surface area contributed by atoms with Gasteiger partial charge in [-0.25, -0.2) is 4.79 Å². The van der Waals surface area contributed by atoms with E-state index in [1.54, 1.807) is 19.1 Å². The average molecular weight is 295 g/mol. The first-order valence-electron chi connectivity index (χ1n) is 6.21. The average Bonchev–Trinajstić information content (AvgIpc) is 2.47. The lowest BCUT2D eigenvalue weighted by Crippen LogP contribution is -2.10. The van der Waals surface area contributed by atoms with Crippen molar-refractivity contribution in [1.29, 1.82) is 0 Å². The summed E-state index contributed by atoms with van der Waals surface area (Å²) in [5.74, 6) is -0.784. The number of esters is 1. The van der Waals surface area contributed by atoms with Gasteiger partial charge in [0.2, 0.25) is 0 Å². The van der Waals surface area contributed by atoms with Crippen LogP contribution in [0.4, 0.5) is 13.2 Å². The molecule has 0 unspecified atom stereocenters. The van der Waals surface area contributed by atoms with Crippen LogP contribution in [0.2, 0.25) is 0 Å². The molecule has 0 saturated carbocycles. The first-order valence-corrected chi connectivity index (χ1v) is 6.21. The monoisotopic (exact) mass is 295 g/mol. The zero-order chi connectivity index (χ0) is 15.5. The number of carbonyl (C=O) groups excluding carboxylic acids is 1. The molecule has 6 heteroatoms. The molecule has 0 amide bonds. The second-order valence-electron chi connectivity index (χ2n) is 4.26. The molecule has 0 atom stereocenters. The zero-order valence-corrected chi connectivity index (χ0v) is 11.1. The highest BCUT2D eigenvalue weighted by Gasteiger charge is 2.32. The molecule has 0 aliphatic heterocycles. The number of nitrogens with zero attached hydrogens (tertiary/aromatic N) is 1. The number of hydrogen-bond donors (Lipinski definition) is 0. The minimum absolute atomic E-state index is 0.0945. The van der Waals surface area contributed by atoms with Crippen molar-refractivity contribution in [3.8, 4) is 11.1 Å². The molecule has 1 aromatic heterocycles. The van der Waals surface area contributed by atoms with E-state index in [9.17, 15) is 18.0 Å². The molecular formula is C15H12F3NO2. The quantitative estimate of drug-likeness (QED) is 0.805. The van der Waals surface area contributed by atoms with Crippen molar-refractivity contribution in [3.05, 3.63) is 53.9 Å². The molecule has 0 saturated heterocycles. The third-order valence-corrected chi connectivity index (χ3v) is 2.77. The predicted octanol–water partition coefficient (Wildman–Crippen LogP) is 3.94. The number of alkyl halides is 3. The number of carbonyl (C=O) groups is 1. The van der Waals surface area contributed by atoms with E-state index >= 15 is 0 Å². The van der Waals surface area contributed by atoms with Crippen molar-refractivity contribution in [1.82, 2.24) is 4.98 Å². The fourth-order valence-electron chi connectivity index (χ4n) is 1.82. The van der Waals surface area contributed by atoms with Crippen LogP contribution in [-0.2, 0) is 10.9 Å². The molecule has 1 heterocycles. The van der Waals surface area contributed by atoms with Crippen molar-refractivity contribution >= 4 is 5.97 Å². The lowest BCUT2D eigenvalue weighted by molar-refractivity contribution is -0.137. The van der Waals surface area contributed by atoms with Crippen LogP contribution in [-0.4, -0.2) is 17.6 Å². The molecule has 21 heavy (non-hydrogen) atoms. The van der Waals surface area contributed by atoms with Crippen molar-refractivity contribution in [2.45, 2.75) is 13.1 Å². The summed E-state index contributed by atoms with van der Waals surface area (Å²) in [7, 11) is 0. The standard InChI is InChI=1S/C15H12F3NO2/c1-2-21-14(20)12-6-11(10-4-3-5-19-9-10)7-13(8-12)15(16,17)18/h3-9H,2H2,1H3. The van der Waals surface area contributed by atoms with Gasteiger partial charge in [0.25, 0.3) is 0 Å². The number of pyridine rings is 1. The molecule has 2 aromatic rings. The van der Waals surface area contributed by atoms with Gasteiger partial charge in [0.1, 0.15) is 0 Å². The van der Waals surface area contributed by atoms with Gasteiger partial charge in [0, 0.05) is 18.0 Å². The first-order chi connectivity index (χ1) is 9.91. The third kappa shape index (κ3) is 3.59. The van der Waals surface area contributed by atoms with Crippen LogP contribution in [0.1, 0.15) is 22.8 Å². The van der Waals surface area contributed by atoms with Gasteiger partial charge in [0.05, 0.1) is 17.7 Å². The zero-order valence-electron chi connectivity index (χ0n) is 11.1. The molecule has 0 N–H and O–H groups in total. The Balaban J connectivity index is 2.55. The lowest BCUT2D eigenvalue weighted by atomic mass is 10.0. The van der Waals surface area contributed by atoms with Gasteiger partial charge in [-0.3, -0.25) is 4.98 Å². The molecule has 2 rings (SSSR count). The second-order valence-corrected chi connectivity index (χ2v) is 4.26. The molecule has 0 radical (unpaired) electrons. The fourth-order valence-corrected chi connectivity index (χ4v) is 1.82. The molecule has 0 aliphatic rings. The van der Waals surface area contributed by atoms with Gasteiger partial charge in [0.15, 0.2) is 0 Å². The Hall–Kier alpha value is -2.37. The molecule has 0 fully saturated rings. The van der Waals surface area contributed by atoms with Crippen LogP contribution in [0, 0.1) is 0 Å². The topological polar surface area (TPSA) is 39.2 Å². The summed E-state index contributed by atoms with van der Waals surface area (Å²) in [6, 6.07) is 6.37. The van der Waals surface area contributed by atoms with Crippen LogP contribution >= 0.6 is 0 Å². The largest absolute Gasteiger partial charge is 0.462 e. The van der Waals surface area contributed by atoms with E-state index in [4.69, 9.17) is 4.74 Å². The normalized spacial score (nSPS) is 11.2. The first kappa shape index (κ1) is 15.0. The van der Waals surface area contributed by atoms with Crippen LogP contribution in [0.25, 0.3) is 11.1 Å². The van der Waals surface area contributed by atoms with Crippen molar-refractivity contribution in [2.24, 2.45) is 0 Å². The Morgan fingerprint density at radius 3 is 2.57 bits per heavy atom. The van der Waals surface area contributed by atoms with E-state index < -0.39 is 17.7 Å². The highest BCUT2D eigenvalue weighted by atomic mass is 19.4. The van der Waals surface area contributed by atoms with Crippen molar-refractivity contribution in [3.63, 3.8) is 0 Å². The number of rotatable bonds is 3. The van der Waals surface area contributed by atoms with Crippen molar-refractivity contribution in [2.75, 3.05) is 6.61 Å². The summed E-state index contributed by atoms with van der Waals surface area (Å²) < 4.78 is 43.6. The Kier molecular flexibility index (Phi) is 4.26. The Morgan fingerprint density at radius 1 is 1.24 bits per heavy atom. The van der Waals surface area contributed by atoms with E-state index in [1.807, 2.05) is 0 Å². The number of benzene rings is 1. The number of ether oxygens (including phenoxy) is 1. The highest BCUT2D eigenvalue weighted by Crippen LogP contribution is 2.33. The minimum atomic E-state index is -4.54. The fraction of sp³-hybridized carbons (Fsp3) is 0.200. The number of hydrogen-bond acceptors (Lipinski definition) is 3. The predicted molar refractivity (Wildman–Crippen MR) is 70.6 cm³/mol. The molecule has 0 spiro atoms. The summed E-state index contributed by atoms with van der Waals surface area (Å²) in [6.45, 7) is 1.69. The highest BCUT2D eigenvalue weighted by molar-refractivity contribution is 5.91. The summed E-state index contributed by atoms with van der Waals surface area (Å²) in [5.41, 5.74) is -0.271. The van der Waals surface area contributed by atoms with Crippen LogP contribution in [0.3, 0.4) is 0 Å². The van der Waals surface area contributed by atoms with Gasteiger partial charge >= 0.3 is 12.1 Å².